The van der Waals surface area contributed by atoms with Crippen LogP contribution in [0, 0.1) is 0 Å². The molecule has 2 heterocycles. The average molecular weight is 346 g/mol. The van der Waals surface area contributed by atoms with E-state index in [0.717, 1.165) is 13.0 Å². The molecule has 0 aliphatic rings. The van der Waals surface area contributed by atoms with E-state index in [0.29, 0.717) is 17.3 Å². The molecule has 0 unspecified atom stereocenters. The molecule has 2 aromatic heterocycles. The van der Waals surface area contributed by atoms with E-state index in [9.17, 15) is 4.79 Å². The van der Waals surface area contributed by atoms with E-state index in [1.54, 1.807) is 48.9 Å². The van der Waals surface area contributed by atoms with Crippen molar-refractivity contribution in [1.29, 1.82) is 0 Å². The minimum Gasteiger partial charge on any atom is -0.424 e. The topological polar surface area (TPSA) is 69.3 Å². The number of hydrogen-bond acceptors (Lipinski definition) is 4. The Morgan fingerprint density at radius 3 is 2.96 bits per heavy atom. The summed E-state index contributed by atoms with van der Waals surface area (Å²) in [5, 5.41) is 3.27. The van der Waals surface area contributed by atoms with Crippen LogP contribution in [0.5, 0.6) is 11.7 Å². The highest BCUT2D eigenvalue weighted by atomic mass is 35.5. The first kappa shape index (κ1) is 16.1. The van der Waals surface area contributed by atoms with Gasteiger partial charge in [0.2, 0.25) is 0 Å². The Labute approximate surface area is 144 Å². The molecule has 1 N–H and O–H groups in total. The molecule has 0 fully saturated rings. The lowest BCUT2D eigenvalue weighted by molar-refractivity contribution is 0.0920. The summed E-state index contributed by atoms with van der Waals surface area (Å²) in [7, 11) is 0. The normalized spacial score (nSPS) is 10.5. The first-order valence-electron chi connectivity index (χ1n) is 7.48. The maximum absolute atomic E-state index is 12.0. The van der Waals surface area contributed by atoms with Gasteiger partial charge in [0.15, 0.2) is 5.76 Å². The highest BCUT2D eigenvalue weighted by Gasteiger charge is 2.12. The van der Waals surface area contributed by atoms with Gasteiger partial charge in [0.25, 0.3) is 11.9 Å². The Bertz CT molecular complexity index is 799. The molecule has 0 radical (unpaired) electrons. The number of carbonyl (C=O) groups excluding carboxylic acids is 1. The van der Waals surface area contributed by atoms with E-state index in [1.807, 2.05) is 10.8 Å². The summed E-state index contributed by atoms with van der Waals surface area (Å²) in [4.78, 5) is 16.0. The Morgan fingerprint density at radius 2 is 2.17 bits per heavy atom. The highest BCUT2D eigenvalue weighted by Crippen LogP contribution is 2.29. The van der Waals surface area contributed by atoms with Gasteiger partial charge in [0.05, 0.1) is 11.3 Å². The quantitative estimate of drug-likeness (QED) is 0.662. The molecular weight excluding hydrogens is 330 g/mol. The van der Waals surface area contributed by atoms with Gasteiger partial charge in [-0.1, -0.05) is 23.7 Å². The van der Waals surface area contributed by atoms with E-state index in [4.69, 9.17) is 20.8 Å². The minimum atomic E-state index is -0.283. The van der Waals surface area contributed by atoms with Crippen LogP contribution in [0.1, 0.15) is 17.0 Å². The van der Waals surface area contributed by atoms with Crippen molar-refractivity contribution in [1.82, 2.24) is 14.9 Å². The molecule has 0 saturated heterocycles. The number of aromatic nitrogens is 2. The molecule has 3 aromatic rings. The molecule has 0 atom stereocenters. The fourth-order valence-electron chi connectivity index (χ4n) is 2.10. The number of para-hydroxylation sites is 1. The number of rotatable bonds is 7. The monoisotopic (exact) mass is 345 g/mol. The lowest BCUT2D eigenvalue weighted by Gasteiger charge is -2.05. The van der Waals surface area contributed by atoms with Gasteiger partial charge >= 0.3 is 0 Å². The van der Waals surface area contributed by atoms with Crippen LogP contribution in [-0.2, 0) is 6.54 Å². The second-order valence-corrected chi connectivity index (χ2v) is 5.47. The fourth-order valence-corrected chi connectivity index (χ4v) is 2.28. The third-order valence-corrected chi connectivity index (χ3v) is 3.60. The van der Waals surface area contributed by atoms with Crippen molar-refractivity contribution in [2.75, 3.05) is 6.54 Å². The van der Waals surface area contributed by atoms with Crippen molar-refractivity contribution in [3.8, 4) is 11.7 Å². The van der Waals surface area contributed by atoms with Crippen LogP contribution >= 0.6 is 11.6 Å². The Kier molecular flexibility index (Phi) is 5.18. The van der Waals surface area contributed by atoms with Gasteiger partial charge < -0.3 is 19.0 Å². The summed E-state index contributed by atoms with van der Waals surface area (Å²) in [6.07, 6.45) is 6.15. The van der Waals surface area contributed by atoms with Crippen LogP contribution < -0.4 is 10.1 Å². The zero-order valence-corrected chi connectivity index (χ0v) is 13.6. The van der Waals surface area contributed by atoms with Crippen molar-refractivity contribution in [3.05, 3.63) is 65.9 Å². The first-order chi connectivity index (χ1) is 11.7. The standard InChI is InChI=1S/C17H16ClN3O3/c18-13-4-1-2-5-14(13)23-16-7-6-15(24-16)17(22)20-8-3-10-21-11-9-19-12-21/h1-2,4-7,9,11-12H,3,8,10H2,(H,20,22). The lowest BCUT2D eigenvalue weighted by atomic mass is 10.3. The number of imidazole rings is 1. The van der Waals surface area contributed by atoms with Gasteiger partial charge in [0.1, 0.15) is 5.75 Å². The van der Waals surface area contributed by atoms with Gasteiger partial charge in [0, 0.05) is 31.5 Å². The van der Waals surface area contributed by atoms with Crippen molar-refractivity contribution < 1.29 is 13.9 Å². The molecule has 0 bridgehead atoms. The Hall–Kier alpha value is -2.73. The van der Waals surface area contributed by atoms with E-state index in [1.165, 1.54) is 0 Å². The second kappa shape index (κ2) is 7.70. The molecule has 124 valence electrons. The summed E-state index contributed by atoms with van der Waals surface area (Å²) in [6.45, 7) is 1.33. The number of aryl methyl sites for hydroxylation is 1. The van der Waals surface area contributed by atoms with Crippen LogP contribution in [0.25, 0.3) is 0 Å². The molecule has 0 spiro atoms. The Balaban J connectivity index is 1.49. The molecule has 1 amide bonds. The molecule has 0 aliphatic carbocycles. The molecule has 3 rings (SSSR count). The van der Waals surface area contributed by atoms with E-state index in [-0.39, 0.29) is 17.6 Å². The lowest BCUT2D eigenvalue weighted by Crippen LogP contribution is -2.24. The fraction of sp³-hybridized carbons (Fsp3) is 0.176. The SMILES string of the molecule is O=C(NCCCn1ccnc1)c1ccc(Oc2ccccc2Cl)o1. The zero-order chi connectivity index (χ0) is 16.8. The number of amides is 1. The van der Waals surface area contributed by atoms with Gasteiger partial charge in [-0.15, -0.1) is 0 Å². The second-order valence-electron chi connectivity index (χ2n) is 5.06. The third kappa shape index (κ3) is 4.17. The van der Waals surface area contributed by atoms with Crippen LogP contribution in [-0.4, -0.2) is 22.0 Å². The van der Waals surface area contributed by atoms with Gasteiger partial charge in [-0.3, -0.25) is 4.79 Å². The van der Waals surface area contributed by atoms with E-state index >= 15 is 0 Å². The maximum atomic E-state index is 12.0. The smallest absolute Gasteiger partial charge is 0.290 e. The maximum Gasteiger partial charge on any atom is 0.290 e. The van der Waals surface area contributed by atoms with Crippen LogP contribution in [0.2, 0.25) is 5.02 Å². The van der Waals surface area contributed by atoms with Crippen LogP contribution in [0.3, 0.4) is 0 Å². The Morgan fingerprint density at radius 1 is 1.29 bits per heavy atom. The number of halogens is 1. The van der Waals surface area contributed by atoms with Crippen LogP contribution in [0.4, 0.5) is 0 Å². The van der Waals surface area contributed by atoms with E-state index in [2.05, 4.69) is 10.3 Å². The highest BCUT2D eigenvalue weighted by molar-refractivity contribution is 6.32. The van der Waals surface area contributed by atoms with Gasteiger partial charge in [-0.2, -0.15) is 0 Å². The number of nitrogens with zero attached hydrogens (tertiary/aromatic N) is 2. The molecule has 1 aromatic carbocycles. The molecule has 7 heteroatoms. The molecule has 6 nitrogen and oxygen atoms in total. The number of benzene rings is 1. The van der Waals surface area contributed by atoms with E-state index < -0.39 is 0 Å². The van der Waals surface area contributed by atoms with Gasteiger partial charge in [-0.05, 0) is 24.6 Å². The van der Waals surface area contributed by atoms with Crippen molar-refractivity contribution >= 4 is 17.5 Å². The predicted molar refractivity (Wildman–Crippen MR) is 89.4 cm³/mol. The molecule has 24 heavy (non-hydrogen) atoms. The van der Waals surface area contributed by atoms with Crippen molar-refractivity contribution in [2.24, 2.45) is 0 Å². The van der Waals surface area contributed by atoms with Crippen molar-refractivity contribution in [2.45, 2.75) is 13.0 Å². The largest absolute Gasteiger partial charge is 0.424 e. The number of hydrogen-bond donors (Lipinski definition) is 1. The number of nitrogens with one attached hydrogen (secondary N) is 1. The average Bonchev–Trinajstić information content (AvgIpc) is 3.25. The molecular formula is C17H16ClN3O3. The summed E-state index contributed by atoms with van der Waals surface area (Å²) < 4.78 is 12.9. The predicted octanol–water partition coefficient (Wildman–Crippen LogP) is 3.74. The number of carbonyl (C=O) groups is 1. The summed E-state index contributed by atoms with van der Waals surface area (Å²) in [5.74, 6) is 0.599. The van der Waals surface area contributed by atoms with Crippen LogP contribution in [0.15, 0.2) is 59.5 Å². The summed E-state index contributed by atoms with van der Waals surface area (Å²) in [6, 6.07) is 10.2. The first-order valence-corrected chi connectivity index (χ1v) is 7.86. The molecule has 0 saturated carbocycles. The number of furan rings is 1. The summed E-state index contributed by atoms with van der Waals surface area (Å²) >= 11 is 6.02. The summed E-state index contributed by atoms with van der Waals surface area (Å²) in [5.41, 5.74) is 0. The third-order valence-electron chi connectivity index (χ3n) is 3.29. The molecule has 0 aliphatic heterocycles. The van der Waals surface area contributed by atoms with Gasteiger partial charge in [-0.25, -0.2) is 4.98 Å². The minimum absolute atomic E-state index is 0.194. The zero-order valence-electron chi connectivity index (χ0n) is 12.8. The number of ether oxygens (including phenoxy) is 1. The van der Waals surface area contributed by atoms with Crippen molar-refractivity contribution in [3.63, 3.8) is 0 Å².